The highest BCUT2D eigenvalue weighted by Gasteiger charge is 2.41. The number of hydrogen-bond acceptors (Lipinski definition) is 12. The molecule has 2 unspecified atom stereocenters. The number of nitrogens with two attached hydrogens (primary N) is 1. The molecule has 1 saturated heterocycles. The van der Waals surface area contributed by atoms with Crippen molar-refractivity contribution in [1.29, 1.82) is 0 Å². The average Bonchev–Trinajstić information content (AvgIpc) is 3.53. The van der Waals surface area contributed by atoms with Crippen LogP contribution in [-0.2, 0) is 31.6 Å². The first-order valence-electron chi connectivity index (χ1n) is 12.3. The molecule has 2 aromatic heterocycles. The highest BCUT2D eigenvalue weighted by atomic mass is 31.3. The highest BCUT2D eigenvalue weighted by Crippen LogP contribution is 2.66. The second kappa shape index (κ2) is 13.2. The summed E-state index contributed by atoms with van der Waals surface area (Å²) in [5.41, 5.74) is 8.07. The first-order valence-corrected chi connectivity index (χ1v) is 16.8. The monoisotopic (exact) mass is 660 g/mol. The van der Waals surface area contributed by atoms with Gasteiger partial charge in [-0.2, -0.15) is 8.62 Å². The molecule has 0 spiro atoms. The van der Waals surface area contributed by atoms with Gasteiger partial charge in [-0.1, -0.05) is 24.0 Å². The van der Waals surface area contributed by atoms with Crippen LogP contribution in [0, 0.1) is 11.8 Å². The Labute approximate surface area is 244 Å². The molecular formula is C22H27N6O12P3. The minimum Gasteiger partial charge on any atom is -0.387 e. The van der Waals surface area contributed by atoms with E-state index < -0.39 is 42.4 Å². The van der Waals surface area contributed by atoms with Crippen LogP contribution in [-0.4, -0.2) is 66.3 Å². The molecule has 1 aromatic carbocycles. The van der Waals surface area contributed by atoms with Gasteiger partial charge in [-0.25, -0.2) is 23.7 Å². The lowest BCUT2D eigenvalue weighted by Gasteiger charge is -2.19. The molecule has 232 valence electrons. The van der Waals surface area contributed by atoms with E-state index in [-0.39, 0.29) is 18.3 Å². The van der Waals surface area contributed by atoms with Crippen molar-refractivity contribution in [1.82, 2.24) is 19.9 Å². The van der Waals surface area contributed by atoms with Gasteiger partial charge in [-0.05, 0) is 25.0 Å². The number of para-hydroxylation sites is 1. The van der Waals surface area contributed by atoms with Crippen molar-refractivity contribution in [2.24, 2.45) is 0 Å². The van der Waals surface area contributed by atoms with Crippen molar-refractivity contribution in [3.8, 4) is 11.8 Å². The van der Waals surface area contributed by atoms with Gasteiger partial charge in [-0.15, -0.1) is 0 Å². The van der Waals surface area contributed by atoms with Gasteiger partial charge in [-0.3, -0.25) is 9.32 Å². The quantitative estimate of drug-likeness (QED) is 0.114. The summed E-state index contributed by atoms with van der Waals surface area (Å²) in [5.74, 6) is 5.68. The summed E-state index contributed by atoms with van der Waals surface area (Å²) in [5, 5.41) is 6.13. The summed E-state index contributed by atoms with van der Waals surface area (Å²) in [6, 6.07) is 7.00. The number of aromatic nitrogens is 3. The molecule has 8 N–H and O–H groups in total. The van der Waals surface area contributed by atoms with E-state index in [9.17, 15) is 28.3 Å². The summed E-state index contributed by atoms with van der Waals surface area (Å²) < 4.78 is 53.9. The van der Waals surface area contributed by atoms with Gasteiger partial charge in [0.2, 0.25) is 0 Å². The van der Waals surface area contributed by atoms with E-state index in [0.717, 1.165) is 0 Å². The van der Waals surface area contributed by atoms with Gasteiger partial charge in [0.1, 0.15) is 24.0 Å². The fourth-order valence-corrected chi connectivity index (χ4v) is 7.22. The fraction of sp³-hybridized carbons (Fsp3) is 0.318. The van der Waals surface area contributed by atoms with E-state index in [0.29, 0.717) is 40.7 Å². The number of benzene rings is 1. The molecular weight excluding hydrogens is 633 g/mol. The number of nitrogens with one attached hydrogen (secondary N) is 2. The zero-order valence-corrected chi connectivity index (χ0v) is 24.9. The van der Waals surface area contributed by atoms with Crippen molar-refractivity contribution in [3.05, 3.63) is 47.9 Å². The Balaban J connectivity index is 1.42. The molecule has 43 heavy (non-hydrogen) atoms. The highest BCUT2D eigenvalue weighted by molar-refractivity contribution is 7.66. The summed E-state index contributed by atoms with van der Waals surface area (Å²) in [4.78, 5) is 57.1. The molecule has 4 rings (SSSR count). The molecule has 18 nitrogen and oxygen atoms in total. The van der Waals surface area contributed by atoms with E-state index >= 15 is 0 Å². The zero-order valence-electron chi connectivity index (χ0n) is 22.3. The molecule has 1 amide bonds. The van der Waals surface area contributed by atoms with Gasteiger partial charge < -0.3 is 45.2 Å². The molecule has 4 atom stereocenters. The van der Waals surface area contributed by atoms with Crippen LogP contribution in [0.2, 0.25) is 0 Å². The SMILES string of the molecule is CNc1ccccc1C(=O)NCC#Cc1cn([C@H]2CC[C@@H](COP(=O)(O)OP(=O)(O)OP(=O)(O)O)O2)c2ncnc(N)c12. The number of carbonyl (C=O) groups is 1. The van der Waals surface area contributed by atoms with Crippen LogP contribution in [0.15, 0.2) is 36.8 Å². The number of rotatable bonds is 11. The summed E-state index contributed by atoms with van der Waals surface area (Å²) in [7, 11) is -14.7. The van der Waals surface area contributed by atoms with Crippen molar-refractivity contribution < 1.29 is 55.9 Å². The second-order valence-corrected chi connectivity index (χ2v) is 13.3. The number of fused-ring (bicyclic) bond motifs is 1. The molecule has 0 aliphatic carbocycles. The van der Waals surface area contributed by atoms with Crippen LogP contribution in [0.3, 0.4) is 0 Å². The number of ether oxygens (including phenoxy) is 1. The van der Waals surface area contributed by atoms with Crippen LogP contribution >= 0.6 is 23.5 Å². The van der Waals surface area contributed by atoms with Gasteiger partial charge in [0.05, 0.1) is 35.8 Å². The third kappa shape index (κ3) is 8.70. The molecule has 3 heterocycles. The Morgan fingerprint density at radius 3 is 2.60 bits per heavy atom. The minimum atomic E-state index is -5.63. The summed E-state index contributed by atoms with van der Waals surface area (Å²) in [6.45, 7) is -0.556. The number of anilines is 2. The standard InChI is InChI=1S/C22H27N6O12P3/c1-24-17-7-3-2-6-16(17)22(29)25-10-4-5-14-11-28(21-19(14)20(23)26-13-27-21)18-9-8-15(38-18)12-37-42(33,34)40-43(35,36)39-41(30,31)32/h2-3,6-7,11,13,15,18,24H,8-10,12H2,1H3,(H,25,29)(H,33,34)(H,35,36)(H2,23,26,27)(H2,30,31,32)/t15-,18+/m0/s1. The lowest BCUT2D eigenvalue weighted by atomic mass is 10.1. The van der Waals surface area contributed by atoms with Crippen LogP contribution in [0.4, 0.5) is 11.5 Å². The first kappa shape index (κ1) is 32.7. The van der Waals surface area contributed by atoms with E-state index in [1.165, 1.54) is 6.33 Å². The first-order chi connectivity index (χ1) is 20.2. The Morgan fingerprint density at radius 1 is 1.14 bits per heavy atom. The van der Waals surface area contributed by atoms with Gasteiger partial charge >= 0.3 is 23.5 Å². The molecule has 3 aromatic rings. The Hall–Kier alpha value is -3.16. The zero-order chi connectivity index (χ0) is 31.4. The molecule has 1 fully saturated rings. The predicted octanol–water partition coefficient (Wildman–Crippen LogP) is 1.86. The van der Waals surface area contributed by atoms with Crippen molar-refractivity contribution >= 4 is 51.9 Å². The van der Waals surface area contributed by atoms with Crippen LogP contribution in [0.25, 0.3) is 11.0 Å². The number of carbonyl (C=O) groups excluding carboxylic acids is 1. The van der Waals surface area contributed by atoms with E-state index in [4.69, 9.17) is 20.3 Å². The van der Waals surface area contributed by atoms with E-state index in [1.807, 2.05) is 0 Å². The minimum absolute atomic E-state index is 0.0275. The van der Waals surface area contributed by atoms with Crippen molar-refractivity contribution in [2.45, 2.75) is 25.2 Å². The lowest BCUT2D eigenvalue weighted by Crippen LogP contribution is -2.24. The Morgan fingerprint density at radius 2 is 1.88 bits per heavy atom. The maximum Gasteiger partial charge on any atom is 0.490 e. The van der Waals surface area contributed by atoms with Crippen molar-refractivity contribution in [2.75, 3.05) is 31.2 Å². The third-order valence-corrected chi connectivity index (χ3v) is 9.68. The second-order valence-electron chi connectivity index (χ2n) is 8.86. The molecule has 1 aliphatic rings. The van der Waals surface area contributed by atoms with E-state index in [2.05, 4.69) is 45.6 Å². The molecule has 0 bridgehead atoms. The molecule has 21 heteroatoms. The maximum absolute atomic E-state index is 12.6. The predicted molar refractivity (Wildman–Crippen MR) is 150 cm³/mol. The maximum atomic E-state index is 12.6. The van der Waals surface area contributed by atoms with Crippen molar-refractivity contribution in [3.63, 3.8) is 0 Å². The van der Waals surface area contributed by atoms with Gasteiger partial charge in [0, 0.05) is 18.9 Å². The van der Waals surface area contributed by atoms with Crippen LogP contribution in [0.1, 0.15) is 35.0 Å². The molecule has 0 saturated carbocycles. The molecule has 0 radical (unpaired) electrons. The Kier molecular flexibility index (Phi) is 10.1. The lowest BCUT2D eigenvalue weighted by molar-refractivity contribution is -0.0202. The van der Waals surface area contributed by atoms with Gasteiger partial charge in [0.25, 0.3) is 5.91 Å². The topological polar surface area (TPSA) is 267 Å². The largest absolute Gasteiger partial charge is 0.490 e. The number of nitrogen functional groups attached to an aromatic ring is 1. The fourth-order valence-electron chi connectivity index (χ4n) is 4.18. The number of hydrogen-bond donors (Lipinski definition) is 7. The van der Waals surface area contributed by atoms with E-state index in [1.54, 1.807) is 42.1 Å². The smallest absolute Gasteiger partial charge is 0.387 e. The number of amides is 1. The third-order valence-electron chi connectivity index (χ3n) is 5.87. The average molecular weight is 660 g/mol. The summed E-state index contributed by atoms with van der Waals surface area (Å²) in [6.07, 6.45) is 2.13. The number of phosphoric acid groups is 3. The number of nitrogens with zero attached hydrogens (tertiary/aromatic N) is 3. The van der Waals surface area contributed by atoms with Crippen LogP contribution in [0.5, 0.6) is 0 Å². The van der Waals surface area contributed by atoms with Crippen LogP contribution < -0.4 is 16.4 Å². The Bertz CT molecular complexity index is 1720. The number of phosphoric ester groups is 1. The normalized spacial score (nSPS) is 19.7. The summed E-state index contributed by atoms with van der Waals surface area (Å²) >= 11 is 0. The molecule has 1 aliphatic heterocycles. The van der Waals surface area contributed by atoms with Gasteiger partial charge in [0.15, 0.2) is 0 Å².